The number of benzene rings is 2. The van der Waals surface area contributed by atoms with Crippen LogP contribution in [0.15, 0.2) is 36.4 Å². The molecule has 2 fully saturated rings. The van der Waals surface area contributed by atoms with Gasteiger partial charge in [-0.25, -0.2) is 0 Å². The van der Waals surface area contributed by atoms with Crippen LogP contribution in [-0.4, -0.2) is 47.5 Å². The highest BCUT2D eigenvalue weighted by molar-refractivity contribution is 5.94. The zero-order valence-corrected chi connectivity index (χ0v) is 20.2. The van der Waals surface area contributed by atoms with Gasteiger partial charge in [-0.15, -0.1) is 0 Å². The molecule has 0 saturated carbocycles. The van der Waals surface area contributed by atoms with E-state index in [-0.39, 0.29) is 24.0 Å². The molecule has 2 saturated heterocycles. The van der Waals surface area contributed by atoms with Crippen molar-refractivity contribution in [1.82, 2.24) is 9.80 Å². The van der Waals surface area contributed by atoms with E-state index in [1.807, 2.05) is 17.9 Å². The minimum absolute atomic E-state index is 0.0568. The molecule has 2 aromatic carbocycles. The number of unbranched alkanes of at least 4 members (excludes halogenated alkanes) is 1. The molecule has 0 spiro atoms. The highest BCUT2D eigenvalue weighted by atomic mass is 19.4. The van der Waals surface area contributed by atoms with E-state index in [9.17, 15) is 18.0 Å². The molecule has 3 atom stereocenters. The van der Waals surface area contributed by atoms with E-state index in [4.69, 9.17) is 10.00 Å². The third-order valence-electron chi connectivity index (χ3n) is 7.42. The Bertz CT molecular complexity index is 1120. The van der Waals surface area contributed by atoms with Crippen molar-refractivity contribution in [3.63, 3.8) is 0 Å². The maximum atomic E-state index is 13.0. The Labute approximate surface area is 204 Å². The first-order valence-corrected chi connectivity index (χ1v) is 12.0. The summed E-state index contributed by atoms with van der Waals surface area (Å²) in [6, 6.07) is 11.1. The Hall–Kier alpha value is -3.05. The Kier molecular flexibility index (Phi) is 7.09. The number of piperazine rings is 1. The van der Waals surface area contributed by atoms with Crippen LogP contribution in [0.2, 0.25) is 0 Å². The number of nitriles is 1. The van der Waals surface area contributed by atoms with Gasteiger partial charge in [0.15, 0.2) is 0 Å². The van der Waals surface area contributed by atoms with Crippen molar-refractivity contribution in [1.29, 1.82) is 5.26 Å². The second-order valence-corrected chi connectivity index (χ2v) is 9.46. The van der Waals surface area contributed by atoms with Gasteiger partial charge in [-0.05, 0) is 80.6 Å². The number of rotatable bonds is 7. The number of hydrogen-bond acceptors (Lipinski definition) is 4. The molecule has 186 valence electrons. The largest absolute Gasteiger partial charge is 0.493 e. The molecule has 0 radical (unpaired) electrons. The van der Waals surface area contributed by atoms with Gasteiger partial charge in [0.25, 0.3) is 5.91 Å². The molecule has 4 rings (SSSR count). The van der Waals surface area contributed by atoms with Crippen LogP contribution in [0.25, 0.3) is 0 Å². The van der Waals surface area contributed by atoms with E-state index >= 15 is 0 Å². The lowest BCUT2D eigenvalue weighted by molar-refractivity contribution is -0.137. The maximum Gasteiger partial charge on any atom is 0.416 e. The molecule has 2 bridgehead atoms. The quantitative estimate of drug-likeness (QED) is 0.475. The van der Waals surface area contributed by atoms with Crippen LogP contribution in [0.1, 0.15) is 64.8 Å². The number of halogens is 3. The number of alkyl halides is 3. The molecule has 2 aromatic rings. The van der Waals surface area contributed by atoms with E-state index in [0.717, 1.165) is 36.4 Å². The monoisotopic (exact) mass is 485 g/mol. The Morgan fingerprint density at radius 3 is 2.43 bits per heavy atom. The molecule has 8 heteroatoms. The fourth-order valence-corrected chi connectivity index (χ4v) is 5.33. The molecule has 2 aliphatic heterocycles. The number of carbonyl (C=O) groups is 1. The van der Waals surface area contributed by atoms with E-state index < -0.39 is 11.7 Å². The van der Waals surface area contributed by atoms with Gasteiger partial charge < -0.3 is 9.64 Å². The minimum Gasteiger partial charge on any atom is -0.493 e. The summed E-state index contributed by atoms with van der Waals surface area (Å²) in [6.07, 6.45) is -2.37. The van der Waals surface area contributed by atoms with E-state index in [1.165, 1.54) is 23.3 Å². The summed E-state index contributed by atoms with van der Waals surface area (Å²) in [4.78, 5) is 17.2. The van der Waals surface area contributed by atoms with Gasteiger partial charge in [0.2, 0.25) is 0 Å². The van der Waals surface area contributed by atoms with E-state index in [0.29, 0.717) is 31.6 Å². The second kappa shape index (κ2) is 9.90. The summed E-state index contributed by atoms with van der Waals surface area (Å²) < 4.78 is 44.4. The topological polar surface area (TPSA) is 56.6 Å². The van der Waals surface area contributed by atoms with Crippen LogP contribution >= 0.6 is 0 Å². The van der Waals surface area contributed by atoms with Crippen molar-refractivity contribution in [2.24, 2.45) is 0 Å². The summed E-state index contributed by atoms with van der Waals surface area (Å²) in [6.45, 7) is 8.15. The van der Waals surface area contributed by atoms with E-state index in [2.05, 4.69) is 30.9 Å². The fourth-order valence-electron chi connectivity index (χ4n) is 5.33. The van der Waals surface area contributed by atoms with Crippen molar-refractivity contribution in [3.8, 4) is 11.8 Å². The first kappa shape index (κ1) is 25.1. The SMILES string of the molecule is Cc1c(OCCCC#N)ccc([C@H](C)N2C[C@@H]3C[C@H]2CN3C(=O)c2ccc(C(F)(F)F)cc2)c1C. The molecule has 2 heterocycles. The standard InChI is InChI=1S/C27H30F3N3O2/c1-17-18(2)25(35-13-5-4-12-31)11-10-24(17)19(3)32-15-23-14-22(32)16-33(23)26(34)20-6-8-21(9-7-20)27(28,29)30/h6-11,19,22-23H,4-5,13-16H2,1-3H3/t19-,22-,23-/m0/s1. The lowest BCUT2D eigenvalue weighted by atomic mass is 9.96. The summed E-state index contributed by atoms with van der Waals surface area (Å²) >= 11 is 0. The highest BCUT2D eigenvalue weighted by Gasteiger charge is 2.47. The molecule has 1 amide bonds. The minimum atomic E-state index is -4.41. The fraction of sp³-hybridized carbons (Fsp3) is 0.481. The molecule has 0 unspecified atom stereocenters. The zero-order valence-electron chi connectivity index (χ0n) is 20.2. The van der Waals surface area contributed by atoms with Gasteiger partial charge >= 0.3 is 6.18 Å². The normalized spacial score (nSPS) is 20.7. The van der Waals surface area contributed by atoms with Crippen molar-refractivity contribution < 1.29 is 22.7 Å². The summed E-state index contributed by atoms with van der Waals surface area (Å²) in [5, 5.41) is 8.68. The smallest absolute Gasteiger partial charge is 0.416 e. The molecule has 0 N–H and O–H groups in total. The number of likely N-dealkylation sites (tertiary alicyclic amines) is 2. The van der Waals surface area contributed by atoms with Gasteiger partial charge in [0.05, 0.1) is 18.2 Å². The summed E-state index contributed by atoms with van der Waals surface area (Å²) in [5.41, 5.74) is 3.04. The van der Waals surface area contributed by atoms with Crippen LogP contribution in [0, 0.1) is 25.2 Å². The Morgan fingerprint density at radius 1 is 1.11 bits per heavy atom. The summed E-state index contributed by atoms with van der Waals surface area (Å²) in [5.74, 6) is 0.635. The molecule has 35 heavy (non-hydrogen) atoms. The van der Waals surface area contributed by atoms with Crippen molar-refractivity contribution in [3.05, 3.63) is 64.2 Å². The highest BCUT2D eigenvalue weighted by Crippen LogP contribution is 2.39. The van der Waals surface area contributed by atoms with Gasteiger partial charge in [-0.2, -0.15) is 18.4 Å². The van der Waals surface area contributed by atoms with E-state index in [1.54, 1.807) is 0 Å². The van der Waals surface area contributed by atoms with Crippen LogP contribution in [-0.2, 0) is 6.18 Å². The molecular weight excluding hydrogens is 455 g/mol. The van der Waals surface area contributed by atoms with Crippen molar-refractivity contribution in [2.75, 3.05) is 19.7 Å². The number of hydrogen-bond donors (Lipinski definition) is 0. The number of amides is 1. The van der Waals surface area contributed by atoms with Gasteiger partial charge in [-0.3, -0.25) is 9.69 Å². The molecule has 0 aliphatic carbocycles. The van der Waals surface area contributed by atoms with Gasteiger partial charge in [0.1, 0.15) is 5.75 Å². The predicted molar refractivity (Wildman–Crippen MR) is 126 cm³/mol. The zero-order chi connectivity index (χ0) is 25.3. The number of nitrogens with zero attached hydrogens (tertiary/aromatic N) is 3. The first-order valence-electron chi connectivity index (χ1n) is 12.0. The average Bonchev–Trinajstić information content (AvgIpc) is 3.44. The van der Waals surface area contributed by atoms with Crippen LogP contribution < -0.4 is 4.74 Å². The third kappa shape index (κ3) is 5.01. The van der Waals surface area contributed by atoms with Crippen LogP contribution in [0.5, 0.6) is 5.75 Å². The Balaban J connectivity index is 1.41. The molecular formula is C27H30F3N3O2. The molecule has 0 aromatic heterocycles. The van der Waals surface area contributed by atoms with Gasteiger partial charge in [-0.1, -0.05) is 6.07 Å². The third-order valence-corrected chi connectivity index (χ3v) is 7.42. The maximum absolute atomic E-state index is 13.0. The number of carbonyl (C=O) groups excluding carboxylic acids is 1. The van der Waals surface area contributed by atoms with Crippen molar-refractivity contribution in [2.45, 2.75) is 64.3 Å². The molecule has 5 nitrogen and oxygen atoms in total. The summed E-state index contributed by atoms with van der Waals surface area (Å²) in [7, 11) is 0. The lowest BCUT2D eigenvalue weighted by Crippen LogP contribution is -2.49. The predicted octanol–water partition coefficient (Wildman–Crippen LogP) is 5.66. The van der Waals surface area contributed by atoms with Crippen LogP contribution in [0.3, 0.4) is 0 Å². The lowest BCUT2D eigenvalue weighted by Gasteiger charge is -2.38. The number of ether oxygens (including phenoxy) is 1. The Morgan fingerprint density at radius 2 is 1.83 bits per heavy atom. The molecule has 2 aliphatic rings. The van der Waals surface area contributed by atoms with Gasteiger partial charge in [0, 0.05) is 43.2 Å². The average molecular weight is 486 g/mol. The first-order chi connectivity index (χ1) is 16.6. The number of fused-ring (bicyclic) bond motifs is 2. The second-order valence-electron chi connectivity index (χ2n) is 9.46. The van der Waals surface area contributed by atoms with Crippen LogP contribution in [0.4, 0.5) is 13.2 Å². The van der Waals surface area contributed by atoms with Crippen molar-refractivity contribution >= 4 is 5.91 Å².